The zero-order chi connectivity index (χ0) is 16.0. The molecule has 0 unspecified atom stereocenters. The highest BCUT2D eigenvalue weighted by Crippen LogP contribution is 2.45. The molecule has 0 saturated heterocycles. The van der Waals surface area contributed by atoms with Crippen molar-refractivity contribution in [2.45, 2.75) is 6.42 Å². The molecule has 23 heavy (non-hydrogen) atoms. The van der Waals surface area contributed by atoms with E-state index in [4.69, 9.17) is 9.15 Å². The van der Waals surface area contributed by atoms with Crippen LogP contribution in [0.25, 0.3) is 22.6 Å². The summed E-state index contributed by atoms with van der Waals surface area (Å²) in [4.78, 5) is 4.58. The van der Waals surface area contributed by atoms with Crippen molar-refractivity contribution in [1.82, 2.24) is 4.98 Å². The maximum absolute atomic E-state index is 9.60. The minimum absolute atomic E-state index is 0.327. The normalized spacial score (nSPS) is 11.7. The Morgan fingerprint density at radius 3 is 2.91 bits per heavy atom. The van der Waals surface area contributed by atoms with Crippen molar-refractivity contribution >= 4 is 15.9 Å². The highest BCUT2D eigenvalue weighted by atomic mass is 79.9. The van der Waals surface area contributed by atoms with E-state index in [1.807, 2.05) is 24.3 Å². The lowest BCUT2D eigenvalue weighted by Gasteiger charge is -2.11. The van der Waals surface area contributed by atoms with Crippen LogP contribution < -0.4 is 4.74 Å². The molecule has 0 saturated carbocycles. The van der Waals surface area contributed by atoms with Gasteiger partial charge in [-0.2, -0.15) is 5.26 Å². The van der Waals surface area contributed by atoms with Gasteiger partial charge in [0, 0.05) is 22.0 Å². The zero-order valence-corrected chi connectivity index (χ0v) is 13.8. The molecule has 0 atom stereocenters. The van der Waals surface area contributed by atoms with Crippen LogP contribution >= 0.6 is 15.9 Å². The van der Waals surface area contributed by atoms with Crippen LogP contribution in [-0.4, -0.2) is 12.1 Å². The Labute approximate surface area is 141 Å². The van der Waals surface area contributed by atoms with Gasteiger partial charge >= 0.3 is 0 Å². The highest BCUT2D eigenvalue weighted by molar-refractivity contribution is 9.10. The van der Waals surface area contributed by atoms with E-state index in [2.05, 4.69) is 33.0 Å². The number of rotatable bonds is 2. The molecule has 3 aromatic rings. The van der Waals surface area contributed by atoms with Crippen molar-refractivity contribution in [1.29, 1.82) is 5.26 Å². The Kier molecular flexibility index (Phi) is 3.21. The Morgan fingerprint density at radius 2 is 2.22 bits per heavy atom. The van der Waals surface area contributed by atoms with E-state index in [1.165, 1.54) is 12.7 Å². The molecule has 5 heteroatoms. The van der Waals surface area contributed by atoms with E-state index in [9.17, 15) is 5.26 Å². The van der Waals surface area contributed by atoms with Crippen LogP contribution in [0.4, 0.5) is 0 Å². The van der Waals surface area contributed by atoms with Gasteiger partial charge in [-0.3, -0.25) is 0 Å². The van der Waals surface area contributed by atoms with Gasteiger partial charge in [0.15, 0.2) is 0 Å². The number of ether oxygens (including phenoxy) is 1. The van der Waals surface area contributed by atoms with Crippen LogP contribution in [0.1, 0.15) is 16.7 Å². The number of halogens is 1. The highest BCUT2D eigenvalue weighted by Gasteiger charge is 2.29. The van der Waals surface area contributed by atoms with E-state index in [-0.39, 0.29) is 0 Å². The molecule has 4 nitrogen and oxygen atoms in total. The SMILES string of the molecule is COc1nc2c(c(-c3ccco3)c1C#N)Cc1cc(Br)ccc1-2. The average molecular weight is 367 g/mol. The predicted molar refractivity (Wildman–Crippen MR) is 89.1 cm³/mol. The number of hydrogen-bond donors (Lipinski definition) is 0. The molecule has 1 aliphatic rings. The monoisotopic (exact) mass is 366 g/mol. The van der Waals surface area contributed by atoms with Crippen LogP contribution in [0.2, 0.25) is 0 Å². The third kappa shape index (κ3) is 2.07. The topological polar surface area (TPSA) is 59.1 Å². The van der Waals surface area contributed by atoms with Gasteiger partial charge < -0.3 is 9.15 Å². The van der Waals surface area contributed by atoms with E-state index in [1.54, 1.807) is 6.26 Å². The van der Waals surface area contributed by atoms with E-state index in [0.717, 1.165) is 26.9 Å². The van der Waals surface area contributed by atoms with Gasteiger partial charge in [0.05, 0.1) is 19.1 Å². The summed E-state index contributed by atoms with van der Waals surface area (Å²) in [7, 11) is 1.53. The van der Waals surface area contributed by atoms with Crippen LogP contribution in [0.3, 0.4) is 0 Å². The molecule has 0 spiro atoms. The molecule has 0 amide bonds. The second-order valence-corrected chi connectivity index (χ2v) is 6.18. The van der Waals surface area contributed by atoms with E-state index >= 15 is 0 Å². The van der Waals surface area contributed by atoms with Crippen molar-refractivity contribution in [3.05, 3.63) is 57.8 Å². The fourth-order valence-electron chi connectivity index (χ4n) is 3.07. The molecule has 2 heterocycles. The lowest BCUT2D eigenvalue weighted by atomic mass is 9.99. The molecule has 2 aromatic heterocycles. The molecular weight excluding hydrogens is 356 g/mol. The third-order valence-corrected chi connectivity index (χ3v) is 4.52. The van der Waals surface area contributed by atoms with Gasteiger partial charge in [-0.15, -0.1) is 0 Å². The summed E-state index contributed by atoms with van der Waals surface area (Å²) in [6.07, 6.45) is 2.32. The van der Waals surface area contributed by atoms with Gasteiger partial charge in [-0.1, -0.05) is 22.0 Å². The summed E-state index contributed by atoms with van der Waals surface area (Å²) < 4.78 is 11.9. The molecule has 4 rings (SSSR count). The van der Waals surface area contributed by atoms with E-state index in [0.29, 0.717) is 23.6 Å². The van der Waals surface area contributed by atoms with Gasteiger partial charge in [-0.25, -0.2) is 4.98 Å². The van der Waals surface area contributed by atoms with Crippen LogP contribution in [0.15, 0.2) is 45.5 Å². The lowest BCUT2D eigenvalue weighted by molar-refractivity contribution is 0.397. The summed E-state index contributed by atoms with van der Waals surface area (Å²) >= 11 is 3.51. The largest absolute Gasteiger partial charge is 0.480 e. The van der Waals surface area contributed by atoms with Gasteiger partial charge in [0.2, 0.25) is 5.88 Å². The summed E-state index contributed by atoms with van der Waals surface area (Å²) in [5, 5.41) is 9.60. The molecule has 1 aromatic carbocycles. The summed E-state index contributed by atoms with van der Waals surface area (Å²) in [5.41, 5.74) is 5.28. The first-order valence-corrected chi connectivity index (χ1v) is 7.86. The van der Waals surface area contributed by atoms with Crippen molar-refractivity contribution in [2.75, 3.05) is 7.11 Å². The number of fused-ring (bicyclic) bond motifs is 3. The maximum atomic E-state index is 9.60. The van der Waals surface area contributed by atoms with Crippen molar-refractivity contribution in [3.63, 3.8) is 0 Å². The number of pyridine rings is 1. The first-order chi connectivity index (χ1) is 11.2. The standard InChI is InChI=1S/C18H11BrN2O2/c1-22-18-14(9-20)16(15-3-2-6-23-15)13-8-10-7-11(19)4-5-12(10)17(13)21-18/h2-7H,8H2,1H3. The van der Waals surface area contributed by atoms with Crippen molar-refractivity contribution in [3.8, 4) is 34.5 Å². The van der Waals surface area contributed by atoms with Crippen LogP contribution in [-0.2, 0) is 6.42 Å². The molecule has 0 radical (unpaired) electrons. The van der Waals surface area contributed by atoms with Crippen LogP contribution in [0, 0.1) is 11.3 Å². The summed E-state index contributed by atoms with van der Waals surface area (Å²) in [6.45, 7) is 0. The molecule has 1 aliphatic carbocycles. The minimum Gasteiger partial charge on any atom is -0.480 e. The summed E-state index contributed by atoms with van der Waals surface area (Å²) in [6, 6.07) is 12.0. The lowest BCUT2D eigenvalue weighted by Crippen LogP contribution is -2.00. The Morgan fingerprint density at radius 1 is 1.35 bits per heavy atom. The smallest absolute Gasteiger partial charge is 0.232 e. The maximum Gasteiger partial charge on any atom is 0.232 e. The molecule has 0 N–H and O–H groups in total. The van der Waals surface area contributed by atoms with Crippen molar-refractivity contribution < 1.29 is 9.15 Å². The zero-order valence-electron chi connectivity index (χ0n) is 12.3. The fourth-order valence-corrected chi connectivity index (χ4v) is 3.48. The van der Waals surface area contributed by atoms with Crippen molar-refractivity contribution in [2.24, 2.45) is 0 Å². The average Bonchev–Trinajstić information content (AvgIpc) is 3.19. The Hall–Kier alpha value is -2.58. The quantitative estimate of drug-likeness (QED) is 0.521. The third-order valence-electron chi connectivity index (χ3n) is 4.03. The number of methoxy groups -OCH3 is 1. The van der Waals surface area contributed by atoms with Gasteiger partial charge in [-0.05, 0) is 35.4 Å². The van der Waals surface area contributed by atoms with Crippen LogP contribution in [0.5, 0.6) is 5.88 Å². The number of hydrogen-bond acceptors (Lipinski definition) is 4. The number of nitrogens with zero attached hydrogens (tertiary/aromatic N) is 2. The fraction of sp³-hybridized carbons (Fsp3) is 0.111. The van der Waals surface area contributed by atoms with E-state index < -0.39 is 0 Å². The van der Waals surface area contributed by atoms with Gasteiger partial charge in [0.1, 0.15) is 17.4 Å². The minimum atomic E-state index is 0.327. The summed E-state index contributed by atoms with van der Waals surface area (Å²) in [5.74, 6) is 0.985. The first kappa shape index (κ1) is 14.0. The Bertz CT molecular complexity index is 956. The number of aromatic nitrogens is 1. The number of benzene rings is 1. The van der Waals surface area contributed by atoms with Gasteiger partial charge in [0.25, 0.3) is 0 Å². The second-order valence-electron chi connectivity index (χ2n) is 5.27. The predicted octanol–water partition coefficient (Wildman–Crippen LogP) is 4.56. The number of furan rings is 1. The number of nitriles is 1. The molecule has 112 valence electrons. The molecule has 0 aliphatic heterocycles. The Balaban J connectivity index is 2.07. The molecule has 0 fully saturated rings. The first-order valence-electron chi connectivity index (χ1n) is 7.06. The molecule has 0 bridgehead atoms. The molecular formula is C18H11BrN2O2. The second kappa shape index (κ2) is 5.25.